The van der Waals surface area contributed by atoms with Gasteiger partial charge in [-0.25, -0.2) is 4.98 Å². The van der Waals surface area contributed by atoms with Crippen molar-refractivity contribution < 1.29 is 4.42 Å². The maximum atomic E-state index is 5.47. The number of nitrogens with one attached hydrogen (secondary N) is 1. The first-order valence-electron chi connectivity index (χ1n) is 6.78. The zero-order chi connectivity index (χ0) is 14.1. The van der Waals surface area contributed by atoms with E-state index in [1.165, 1.54) is 5.56 Å². The van der Waals surface area contributed by atoms with Crippen LogP contribution in [-0.2, 0) is 20.0 Å². The molecule has 1 aromatic carbocycles. The number of benzene rings is 1. The van der Waals surface area contributed by atoms with Crippen LogP contribution in [-0.4, -0.2) is 14.8 Å². The standard InChI is InChI=1S/C15H18N4O/c1-4-13-11(9-19(3)18-13)8-16-12-5-6-15-14(7-12)17-10(2)20-15/h5-7,9,16H,4,8H2,1-3H3. The molecule has 0 spiro atoms. The number of aromatic nitrogens is 3. The van der Waals surface area contributed by atoms with Gasteiger partial charge in [-0.3, -0.25) is 4.68 Å². The molecule has 0 fully saturated rings. The lowest BCUT2D eigenvalue weighted by Gasteiger charge is -2.05. The van der Waals surface area contributed by atoms with Gasteiger partial charge in [-0.05, 0) is 24.6 Å². The summed E-state index contributed by atoms with van der Waals surface area (Å²) in [5.74, 6) is 0.692. The van der Waals surface area contributed by atoms with Gasteiger partial charge in [0.15, 0.2) is 11.5 Å². The number of rotatable bonds is 4. The van der Waals surface area contributed by atoms with Crippen LogP contribution in [0.4, 0.5) is 5.69 Å². The molecule has 2 aromatic heterocycles. The van der Waals surface area contributed by atoms with Crippen molar-refractivity contribution in [3.8, 4) is 0 Å². The Morgan fingerprint density at radius 1 is 1.35 bits per heavy atom. The zero-order valence-corrected chi connectivity index (χ0v) is 12.0. The summed E-state index contributed by atoms with van der Waals surface area (Å²) in [7, 11) is 1.95. The summed E-state index contributed by atoms with van der Waals surface area (Å²) in [4.78, 5) is 4.34. The van der Waals surface area contributed by atoms with Gasteiger partial charge < -0.3 is 9.73 Å². The molecular weight excluding hydrogens is 252 g/mol. The average molecular weight is 270 g/mol. The van der Waals surface area contributed by atoms with Crippen molar-refractivity contribution in [3.05, 3.63) is 41.5 Å². The van der Waals surface area contributed by atoms with E-state index in [4.69, 9.17) is 4.42 Å². The van der Waals surface area contributed by atoms with Crippen LogP contribution in [0.25, 0.3) is 11.1 Å². The first kappa shape index (κ1) is 12.7. The second-order valence-electron chi connectivity index (χ2n) is 4.90. The van der Waals surface area contributed by atoms with Crippen LogP contribution < -0.4 is 5.32 Å². The van der Waals surface area contributed by atoms with Gasteiger partial charge in [0.05, 0.1) is 5.69 Å². The third-order valence-corrected chi connectivity index (χ3v) is 3.30. The Bertz CT molecular complexity index is 741. The second-order valence-corrected chi connectivity index (χ2v) is 4.90. The van der Waals surface area contributed by atoms with Crippen molar-refractivity contribution in [2.24, 2.45) is 7.05 Å². The molecular formula is C15H18N4O. The highest BCUT2D eigenvalue weighted by atomic mass is 16.3. The minimum Gasteiger partial charge on any atom is -0.441 e. The maximum absolute atomic E-state index is 5.47. The van der Waals surface area contributed by atoms with Gasteiger partial charge in [0, 0.05) is 38.0 Å². The predicted molar refractivity (Wildman–Crippen MR) is 78.7 cm³/mol. The van der Waals surface area contributed by atoms with Gasteiger partial charge in [-0.1, -0.05) is 6.92 Å². The summed E-state index contributed by atoms with van der Waals surface area (Å²) in [6.07, 6.45) is 3.00. The highest BCUT2D eigenvalue weighted by Crippen LogP contribution is 2.20. The quantitative estimate of drug-likeness (QED) is 0.791. The summed E-state index contributed by atoms with van der Waals surface area (Å²) < 4.78 is 7.33. The molecule has 5 heteroatoms. The molecule has 1 N–H and O–H groups in total. The number of hydrogen-bond donors (Lipinski definition) is 1. The molecule has 2 heterocycles. The molecule has 5 nitrogen and oxygen atoms in total. The highest BCUT2D eigenvalue weighted by Gasteiger charge is 2.07. The van der Waals surface area contributed by atoms with E-state index in [0.717, 1.165) is 35.4 Å². The maximum Gasteiger partial charge on any atom is 0.192 e. The van der Waals surface area contributed by atoms with Crippen molar-refractivity contribution in [1.82, 2.24) is 14.8 Å². The molecule has 0 unspecified atom stereocenters. The van der Waals surface area contributed by atoms with Crippen LogP contribution in [0.15, 0.2) is 28.8 Å². The largest absolute Gasteiger partial charge is 0.441 e. The third-order valence-electron chi connectivity index (χ3n) is 3.30. The van der Waals surface area contributed by atoms with Crippen molar-refractivity contribution in [3.63, 3.8) is 0 Å². The van der Waals surface area contributed by atoms with E-state index in [1.54, 1.807) is 0 Å². The molecule has 3 rings (SSSR count). The third kappa shape index (κ3) is 2.39. The van der Waals surface area contributed by atoms with Gasteiger partial charge in [-0.15, -0.1) is 0 Å². The summed E-state index contributed by atoms with van der Waals surface area (Å²) in [5, 5.41) is 7.86. The van der Waals surface area contributed by atoms with Crippen molar-refractivity contribution >= 4 is 16.8 Å². The molecule has 0 amide bonds. The number of aryl methyl sites for hydroxylation is 3. The number of nitrogens with zero attached hydrogens (tertiary/aromatic N) is 3. The average Bonchev–Trinajstić information content (AvgIpc) is 2.97. The second kappa shape index (κ2) is 5.00. The number of hydrogen-bond acceptors (Lipinski definition) is 4. The van der Waals surface area contributed by atoms with E-state index in [2.05, 4.69) is 28.5 Å². The van der Waals surface area contributed by atoms with E-state index in [-0.39, 0.29) is 0 Å². The molecule has 0 saturated heterocycles. The fraction of sp³-hybridized carbons (Fsp3) is 0.333. The normalized spacial score (nSPS) is 11.2. The molecule has 0 aliphatic heterocycles. The van der Waals surface area contributed by atoms with E-state index < -0.39 is 0 Å². The number of oxazole rings is 1. The van der Waals surface area contributed by atoms with E-state index >= 15 is 0 Å². The van der Waals surface area contributed by atoms with Gasteiger partial charge in [0.2, 0.25) is 0 Å². The van der Waals surface area contributed by atoms with Crippen LogP contribution in [0.3, 0.4) is 0 Å². The molecule has 20 heavy (non-hydrogen) atoms. The molecule has 0 radical (unpaired) electrons. The first-order chi connectivity index (χ1) is 9.65. The highest BCUT2D eigenvalue weighted by molar-refractivity contribution is 5.77. The Balaban J connectivity index is 1.78. The number of anilines is 1. The Labute approximate surface area is 117 Å². The SMILES string of the molecule is CCc1nn(C)cc1CNc1ccc2oc(C)nc2c1. The minimum atomic E-state index is 0.692. The monoisotopic (exact) mass is 270 g/mol. The van der Waals surface area contributed by atoms with Crippen molar-refractivity contribution in [2.45, 2.75) is 26.8 Å². The summed E-state index contributed by atoms with van der Waals surface area (Å²) in [5.41, 5.74) is 5.11. The van der Waals surface area contributed by atoms with Gasteiger partial charge in [-0.2, -0.15) is 5.10 Å². The van der Waals surface area contributed by atoms with Crippen LogP contribution in [0.2, 0.25) is 0 Å². The van der Waals surface area contributed by atoms with Crippen LogP contribution in [0.5, 0.6) is 0 Å². The fourth-order valence-electron chi connectivity index (χ4n) is 2.38. The lowest BCUT2D eigenvalue weighted by atomic mass is 10.2. The van der Waals surface area contributed by atoms with Crippen LogP contribution in [0, 0.1) is 6.92 Å². The molecule has 0 atom stereocenters. The molecule has 0 bridgehead atoms. The van der Waals surface area contributed by atoms with Gasteiger partial charge in [0.25, 0.3) is 0 Å². The van der Waals surface area contributed by atoms with Crippen LogP contribution in [0.1, 0.15) is 24.1 Å². The first-order valence-corrected chi connectivity index (χ1v) is 6.78. The summed E-state index contributed by atoms with van der Waals surface area (Å²) >= 11 is 0. The van der Waals surface area contributed by atoms with Crippen molar-refractivity contribution in [2.75, 3.05) is 5.32 Å². The minimum absolute atomic E-state index is 0.692. The van der Waals surface area contributed by atoms with E-state index in [9.17, 15) is 0 Å². The Kier molecular flexibility index (Phi) is 3.18. The molecule has 0 aliphatic rings. The Hall–Kier alpha value is -2.30. The van der Waals surface area contributed by atoms with Gasteiger partial charge >= 0.3 is 0 Å². The Morgan fingerprint density at radius 2 is 2.20 bits per heavy atom. The van der Waals surface area contributed by atoms with E-state index in [0.29, 0.717) is 5.89 Å². The summed E-state index contributed by atoms with van der Waals surface area (Å²) in [6, 6.07) is 5.96. The van der Waals surface area contributed by atoms with Gasteiger partial charge in [0.1, 0.15) is 5.52 Å². The molecule has 0 saturated carbocycles. The summed E-state index contributed by atoms with van der Waals surface area (Å²) in [6.45, 7) is 4.74. The smallest absolute Gasteiger partial charge is 0.192 e. The topological polar surface area (TPSA) is 55.9 Å². The number of fused-ring (bicyclic) bond motifs is 1. The molecule has 104 valence electrons. The molecule has 3 aromatic rings. The van der Waals surface area contributed by atoms with Crippen LogP contribution >= 0.6 is 0 Å². The fourth-order valence-corrected chi connectivity index (χ4v) is 2.38. The Morgan fingerprint density at radius 3 is 3.00 bits per heavy atom. The van der Waals surface area contributed by atoms with E-state index in [1.807, 2.05) is 36.9 Å². The lowest BCUT2D eigenvalue weighted by molar-refractivity contribution is 0.561. The van der Waals surface area contributed by atoms with Crippen molar-refractivity contribution in [1.29, 1.82) is 0 Å². The predicted octanol–water partition coefficient (Wildman–Crippen LogP) is 3.04. The lowest BCUT2D eigenvalue weighted by Crippen LogP contribution is -2.00. The molecule has 0 aliphatic carbocycles. The zero-order valence-electron chi connectivity index (χ0n) is 12.0.